The normalized spacial score (nSPS) is 26.5. The molecule has 6 nitrogen and oxygen atoms in total. The lowest BCUT2D eigenvalue weighted by atomic mass is 9.85. The third kappa shape index (κ3) is 4.68. The first-order chi connectivity index (χ1) is 16.1. The van der Waals surface area contributed by atoms with Crippen molar-refractivity contribution in [2.75, 3.05) is 39.3 Å². The number of amides is 2. The van der Waals surface area contributed by atoms with Crippen LogP contribution in [0.25, 0.3) is 0 Å². The molecule has 6 heteroatoms. The van der Waals surface area contributed by atoms with Gasteiger partial charge < -0.3 is 15.0 Å². The van der Waals surface area contributed by atoms with Crippen molar-refractivity contribution in [3.8, 4) is 0 Å². The van der Waals surface area contributed by atoms with Crippen molar-refractivity contribution in [2.45, 2.75) is 31.4 Å². The van der Waals surface area contributed by atoms with Crippen LogP contribution in [0.5, 0.6) is 0 Å². The molecule has 2 aromatic carbocycles. The minimum atomic E-state index is -1.08. The van der Waals surface area contributed by atoms with Gasteiger partial charge >= 0.3 is 0 Å². The Labute approximate surface area is 195 Å². The number of benzene rings is 2. The first kappa shape index (κ1) is 22.1. The number of morpholine rings is 1. The summed E-state index contributed by atoms with van der Waals surface area (Å²) in [7, 11) is 0. The fourth-order valence-corrected chi connectivity index (χ4v) is 5.67. The molecule has 0 unspecified atom stereocenters. The molecule has 0 aliphatic carbocycles. The number of ether oxygens (including phenoxy) is 1. The van der Waals surface area contributed by atoms with E-state index >= 15 is 0 Å². The highest BCUT2D eigenvalue weighted by molar-refractivity contribution is 5.94. The van der Waals surface area contributed by atoms with Crippen LogP contribution in [-0.4, -0.2) is 66.5 Å². The predicted molar refractivity (Wildman–Crippen MR) is 126 cm³/mol. The van der Waals surface area contributed by atoms with Crippen molar-refractivity contribution in [3.63, 3.8) is 0 Å². The summed E-state index contributed by atoms with van der Waals surface area (Å²) >= 11 is 0. The maximum atomic E-state index is 13.7. The zero-order chi connectivity index (χ0) is 22.7. The molecule has 3 aliphatic heterocycles. The van der Waals surface area contributed by atoms with E-state index in [-0.39, 0.29) is 11.8 Å². The van der Waals surface area contributed by atoms with Crippen molar-refractivity contribution in [1.29, 1.82) is 0 Å². The molecule has 2 aromatic rings. The van der Waals surface area contributed by atoms with E-state index in [1.807, 2.05) is 29.2 Å². The van der Waals surface area contributed by atoms with Crippen LogP contribution in [0.15, 0.2) is 60.7 Å². The molecule has 1 spiro atoms. The Hall–Kier alpha value is -2.70. The minimum absolute atomic E-state index is 0.0702. The van der Waals surface area contributed by atoms with Crippen LogP contribution in [0.1, 0.15) is 24.0 Å². The van der Waals surface area contributed by atoms with Gasteiger partial charge in [-0.05, 0) is 36.3 Å². The van der Waals surface area contributed by atoms with Crippen molar-refractivity contribution in [1.82, 2.24) is 15.1 Å². The van der Waals surface area contributed by atoms with Gasteiger partial charge in [0.05, 0.1) is 12.5 Å². The quantitative estimate of drug-likeness (QED) is 0.765. The molecule has 3 saturated heterocycles. The zero-order valence-electron chi connectivity index (χ0n) is 19.1. The minimum Gasteiger partial charge on any atom is -0.361 e. The molecule has 174 valence electrons. The summed E-state index contributed by atoms with van der Waals surface area (Å²) in [4.78, 5) is 30.9. The number of hydrogen-bond acceptors (Lipinski definition) is 4. The van der Waals surface area contributed by atoms with Gasteiger partial charge in [-0.3, -0.25) is 14.5 Å². The molecule has 0 saturated carbocycles. The van der Waals surface area contributed by atoms with Crippen LogP contribution in [-0.2, 0) is 27.3 Å². The Morgan fingerprint density at radius 2 is 1.67 bits per heavy atom. The predicted octanol–water partition coefficient (Wildman–Crippen LogP) is 2.48. The van der Waals surface area contributed by atoms with Gasteiger partial charge in [-0.15, -0.1) is 0 Å². The molecule has 5 rings (SSSR count). The first-order valence-corrected chi connectivity index (χ1v) is 12.2. The van der Waals surface area contributed by atoms with E-state index in [1.54, 1.807) is 0 Å². The number of nitrogens with zero attached hydrogens (tertiary/aromatic N) is 2. The first-order valence-electron chi connectivity index (χ1n) is 12.2. The molecular weight excluding hydrogens is 414 g/mol. The number of carbonyl (C=O) groups is 2. The molecule has 1 N–H and O–H groups in total. The summed E-state index contributed by atoms with van der Waals surface area (Å²) in [5.41, 5.74) is 1.46. The molecule has 3 heterocycles. The smallest absolute Gasteiger partial charge is 0.254 e. The summed E-state index contributed by atoms with van der Waals surface area (Å²) in [5, 5.41) is 2.96. The van der Waals surface area contributed by atoms with Crippen molar-refractivity contribution in [3.05, 3.63) is 71.8 Å². The molecule has 3 fully saturated rings. The van der Waals surface area contributed by atoms with Gasteiger partial charge in [0.25, 0.3) is 5.91 Å². The van der Waals surface area contributed by atoms with Gasteiger partial charge in [0, 0.05) is 39.3 Å². The molecule has 33 heavy (non-hydrogen) atoms. The van der Waals surface area contributed by atoms with E-state index in [0.29, 0.717) is 38.7 Å². The van der Waals surface area contributed by atoms with E-state index in [1.165, 1.54) is 11.1 Å². The lowest BCUT2D eigenvalue weighted by Crippen LogP contribution is -2.62. The van der Waals surface area contributed by atoms with E-state index < -0.39 is 11.5 Å². The molecule has 2 amide bonds. The molecule has 2 atom stereocenters. The maximum Gasteiger partial charge on any atom is 0.254 e. The molecule has 0 aromatic heterocycles. The number of carbonyl (C=O) groups excluding carboxylic acids is 2. The Morgan fingerprint density at radius 1 is 1.00 bits per heavy atom. The number of likely N-dealkylation sites (tertiary alicyclic amines) is 2. The lowest BCUT2D eigenvalue weighted by molar-refractivity contribution is -0.167. The average molecular weight is 448 g/mol. The monoisotopic (exact) mass is 447 g/mol. The second-order valence-electron chi connectivity index (χ2n) is 9.66. The largest absolute Gasteiger partial charge is 0.361 e. The number of rotatable bonds is 5. The highest BCUT2D eigenvalue weighted by atomic mass is 16.5. The maximum absolute atomic E-state index is 13.7. The Balaban J connectivity index is 1.26. The van der Waals surface area contributed by atoms with Gasteiger partial charge in [0.2, 0.25) is 5.91 Å². The zero-order valence-corrected chi connectivity index (χ0v) is 19.1. The highest BCUT2D eigenvalue weighted by Crippen LogP contribution is 2.36. The van der Waals surface area contributed by atoms with E-state index in [0.717, 1.165) is 32.4 Å². The Kier molecular flexibility index (Phi) is 6.47. The van der Waals surface area contributed by atoms with Crippen LogP contribution in [0.4, 0.5) is 0 Å². The van der Waals surface area contributed by atoms with Crippen LogP contribution in [0, 0.1) is 11.8 Å². The molecule has 0 radical (unpaired) electrons. The summed E-state index contributed by atoms with van der Waals surface area (Å²) < 4.78 is 6.13. The van der Waals surface area contributed by atoms with E-state index in [4.69, 9.17) is 4.74 Å². The van der Waals surface area contributed by atoms with Gasteiger partial charge in [0.15, 0.2) is 5.60 Å². The molecule has 3 aliphatic rings. The lowest BCUT2D eigenvalue weighted by Gasteiger charge is -2.39. The Morgan fingerprint density at radius 3 is 2.33 bits per heavy atom. The number of hydrogen-bond donors (Lipinski definition) is 1. The average Bonchev–Trinajstić information content (AvgIpc) is 3.21. The second-order valence-corrected chi connectivity index (χ2v) is 9.66. The Bertz CT molecular complexity index is 959. The van der Waals surface area contributed by atoms with Crippen LogP contribution < -0.4 is 5.32 Å². The van der Waals surface area contributed by atoms with Gasteiger partial charge in [-0.1, -0.05) is 60.7 Å². The van der Waals surface area contributed by atoms with Gasteiger partial charge in [0.1, 0.15) is 0 Å². The topological polar surface area (TPSA) is 61.9 Å². The van der Waals surface area contributed by atoms with Crippen molar-refractivity contribution in [2.24, 2.45) is 11.8 Å². The fourth-order valence-electron chi connectivity index (χ4n) is 5.67. The van der Waals surface area contributed by atoms with Crippen LogP contribution in [0.2, 0.25) is 0 Å². The summed E-state index contributed by atoms with van der Waals surface area (Å²) in [6, 6.07) is 20.8. The van der Waals surface area contributed by atoms with Gasteiger partial charge in [-0.2, -0.15) is 0 Å². The van der Waals surface area contributed by atoms with Gasteiger partial charge in [-0.25, -0.2) is 0 Å². The fraction of sp³-hybridized carbons (Fsp3) is 0.481. The SMILES string of the molecule is O=C([C@H]1CN(Cc2ccccc2)C[C@@]12OCCNC2=O)N1CCC(Cc2ccccc2)CC1. The van der Waals surface area contributed by atoms with E-state index in [9.17, 15) is 9.59 Å². The number of nitrogens with one attached hydrogen (secondary N) is 1. The third-order valence-corrected chi connectivity index (χ3v) is 7.43. The van der Waals surface area contributed by atoms with Crippen LogP contribution in [0.3, 0.4) is 0 Å². The standard InChI is InChI=1S/C27H33N3O3/c31-25(30-14-11-22(12-15-30)17-21-7-3-1-4-8-21)24-19-29(18-23-9-5-2-6-10-23)20-27(24)26(32)28-13-16-33-27/h1-10,22,24H,11-20H2,(H,28,32)/t24-,27-/m1/s1. The third-order valence-electron chi connectivity index (χ3n) is 7.43. The van der Waals surface area contributed by atoms with Crippen molar-refractivity contribution >= 4 is 11.8 Å². The molecular formula is C27H33N3O3. The highest BCUT2D eigenvalue weighted by Gasteiger charge is 2.58. The van der Waals surface area contributed by atoms with Crippen molar-refractivity contribution < 1.29 is 14.3 Å². The summed E-state index contributed by atoms with van der Waals surface area (Å²) in [6.45, 7) is 4.17. The van der Waals surface area contributed by atoms with Crippen LogP contribution >= 0.6 is 0 Å². The summed E-state index contributed by atoms with van der Waals surface area (Å²) in [6.07, 6.45) is 3.06. The number of piperidine rings is 1. The second kappa shape index (κ2) is 9.65. The van der Waals surface area contributed by atoms with E-state index in [2.05, 4.69) is 46.6 Å². The molecule has 0 bridgehead atoms. The summed E-state index contributed by atoms with van der Waals surface area (Å²) in [5.74, 6) is 0.0624.